The van der Waals surface area contributed by atoms with Gasteiger partial charge >= 0.3 is 6.18 Å². The van der Waals surface area contributed by atoms with Crippen molar-refractivity contribution in [2.75, 3.05) is 12.5 Å². The molecule has 0 bridgehead atoms. The number of amides is 1. The molecule has 0 fully saturated rings. The summed E-state index contributed by atoms with van der Waals surface area (Å²) in [6.07, 6.45) is -2.20. The fourth-order valence-corrected chi connectivity index (χ4v) is 1.94. The van der Waals surface area contributed by atoms with Crippen LogP contribution in [0.1, 0.15) is 21.5 Å². The van der Waals surface area contributed by atoms with Crippen LogP contribution < -0.4 is 10.9 Å². The summed E-state index contributed by atoms with van der Waals surface area (Å²) in [4.78, 5) is 20.1. The first-order valence-electron chi connectivity index (χ1n) is 6.77. The van der Waals surface area contributed by atoms with Crippen molar-refractivity contribution in [2.45, 2.75) is 6.18 Å². The normalized spacial score (nSPS) is 11.4. The number of halogens is 4. The molecule has 2 N–H and O–H groups in total. The Morgan fingerprint density at radius 3 is 2.60 bits per heavy atom. The molecular weight excluding hydrogens is 361 g/mol. The first-order chi connectivity index (χ1) is 11.8. The van der Waals surface area contributed by atoms with E-state index >= 15 is 0 Å². The summed E-state index contributed by atoms with van der Waals surface area (Å²) >= 11 is 5.54. The van der Waals surface area contributed by atoms with Crippen molar-refractivity contribution in [1.29, 1.82) is 0 Å². The maximum absolute atomic E-state index is 12.9. The summed E-state index contributed by atoms with van der Waals surface area (Å²) in [5.41, 5.74) is 4.14. The van der Waals surface area contributed by atoms with E-state index < -0.39 is 23.5 Å². The summed E-state index contributed by atoms with van der Waals surface area (Å²) in [5, 5.41) is 3.40. The van der Waals surface area contributed by atoms with Gasteiger partial charge in [0.05, 0.1) is 11.2 Å². The van der Waals surface area contributed by atoms with Gasteiger partial charge in [0, 0.05) is 11.8 Å². The van der Waals surface area contributed by atoms with E-state index in [2.05, 4.69) is 25.8 Å². The highest BCUT2D eigenvalue weighted by atomic mass is 35.5. The van der Waals surface area contributed by atoms with E-state index in [1.165, 1.54) is 25.5 Å². The Morgan fingerprint density at radius 1 is 1.32 bits per heavy atom. The zero-order valence-corrected chi connectivity index (χ0v) is 13.5. The molecule has 132 valence electrons. The molecule has 0 radical (unpaired) electrons. The predicted molar refractivity (Wildman–Crippen MR) is 86.4 cm³/mol. The minimum absolute atomic E-state index is 0.169. The summed E-state index contributed by atoms with van der Waals surface area (Å²) in [5.74, 6) is -1.20. The second-order valence-corrected chi connectivity index (χ2v) is 5.10. The fraction of sp³-hybridized carbons (Fsp3) is 0.133. The number of carbonyl (C=O) groups is 1. The third-order valence-electron chi connectivity index (χ3n) is 2.93. The number of nitrogens with zero attached hydrogens (tertiary/aromatic N) is 2. The number of benzene rings is 1. The van der Waals surface area contributed by atoms with E-state index in [9.17, 15) is 18.0 Å². The molecule has 1 amide bonds. The van der Waals surface area contributed by atoms with Crippen molar-refractivity contribution in [1.82, 2.24) is 10.4 Å². The van der Waals surface area contributed by atoms with Gasteiger partial charge in [0.2, 0.25) is 0 Å². The summed E-state index contributed by atoms with van der Waals surface area (Å²) < 4.78 is 38.8. The number of rotatable bonds is 5. The van der Waals surface area contributed by atoms with Crippen molar-refractivity contribution < 1.29 is 22.8 Å². The van der Waals surface area contributed by atoms with Gasteiger partial charge in [-0.2, -0.15) is 13.2 Å². The highest BCUT2D eigenvalue weighted by molar-refractivity contribution is 6.30. The number of oxime groups is 1. The van der Waals surface area contributed by atoms with Crippen molar-refractivity contribution in [3.63, 3.8) is 0 Å². The van der Waals surface area contributed by atoms with Crippen LogP contribution in [0.15, 0.2) is 41.7 Å². The van der Waals surface area contributed by atoms with Crippen LogP contribution in [0, 0.1) is 0 Å². The Morgan fingerprint density at radius 2 is 2.00 bits per heavy atom. The van der Waals surface area contributed by atoms with E-state index in [0.29, 0.717) is 11.6 Å². The number of hydrogen-bond donors (Lipinski definition) is 2. The van der Waals surface area contributed by atoms with E-state index in [1.807, 2.05) is 0 Å². The van der Waals surface area contributed by atoms with Crippen molar-refractivity contribution in [2.24, 2.45) is 5.16 Å². The lowest BCUT2D eigenvalue weighted by molar-refractivity contribution is -0.137. The van der Waals surface area contributed by atoms with Gasteiger partial charge in [-0.3, -0.25) is 15.6 Å². The molecule has 1 heterocycles. The first-order valence-corrected chi connectivity index (χ1v) is 7.14. The maximum atomic E-state index is 12.9. The monoisotopic (exact) mass is 372 g/mol. The third-order valence-corrected chi connectivity index (χ3v) is 3.14. The Labute approximate surface area is 145 Å². The molecular formula is C15H12ClF3N4O2. The molecule has 6 nitrogen and oxygen atoms in total. The minimum atomic E-state index is -4.67. The lowest BCUT2D eigenvalue weighted by atomic mass is 10.1. The molecule has 10 heteroatoms. The molecule has 0 aliphatic rings. The molecule has 1 aromatic carbocycles. The van der Waals surface area contributed by atoms with Crippen LogP contribution in [0.25, 0.3) is 0 Å². The molecule has 1 aromatic heterocycles. The van der Waals surface area contributed by atoms with Crippen LogP contribution in [0.3, 0.4) is 0 Å². The molecule has 2 rings (SSSR count). The fourth-order valence-electron chi connectivity index (χ4n) is 1.78. The predicted octanol–water partition coefficient (Wildman–Crippen LogP) is 3.49. The van der Waals surface area contributed by atoms with E-state index in [-0.39, 0.29) is 10.6 Å². The summed E-state index contributed by atoms with van der Waals surface area (Å²) in [6.45, 7) is 0. The van der Waals surface area contributed by atoms with Gasteiger partial charge in [0.1, 0.15) is 12.7 Å². The van der Waals surface area contributed by atoms with Crippen molar-refractivity contribution >= 4 is 29.5 Å². The minimum Gasteiger partial charge on any atom is -0.399 e. The van der Waals surface area contributed by atoms with Gasteiger partial charge < -0.3 is 4.84 Å². The molecule has 0 unspecified atom stereocenters. The Balaban J connectivity index is 2.09. The van der Waals surface area contributed by atoms with E-state index in [4.69, 9.17) is 11.6 Å². The lowest BCUT2D eigenvalue weighted by Gasteiger charge is -2.14. The highest BCUT2D eigenvalue weighted by Crippen LogP contribution is 2.34. The quantitative estimate of drug-likeness (QED) is 0.622. The SMILES string of the molecule is CO/N=C/c1ccc(C(=O)NNc2ncc(Cl)cc2C(F)(F)F)cc1. The number of hydrazine groups is 1. The number of carbonyl (C=O) groups excluding carboxylic acids is 1. The number of nitrogens with one attached hydrogen (secondary N) is 2. The molecule has 2 aromatic rings. The molecule has 0 saturated carbocycles. The van der Waals surface area contributed by atoms with E-state index in [1.54, 1.807) is 12.1 Å². The number of anilines is 1. The first kappa shape index (κ1) is 18.5. The second kappa shape index (κ2) is 7.84. The molecule has 0 atom stereocenters. The number of alkyl halides is 3. The topological polar surface area (TPSA) is 75.6 Å². The van der Waals surface area contributed by atoms with Gasteiger partial charge in [-0.25, -0.2) is 4.98 Å². The van der Waals surface area contributed by atoms with Gasteiger partial charge in [-0.1, -0.05) is 28.9 Å². The van der Waals surface area contributed by atoms with Gasteiger partial charge in [-0.05, 0) is 23.8 Å². The zero-order chi connectivity index (χ0) is 18.4. The van der Waals surface area contributed by atoms with Gasteiger partial charge in [0.15, 0.2) is 5.82 Å². The molecule has 25 heavy (non-hydrogen) atoms. The Hall–Kier alpha value is -2.81. The molecule has 0 spiro atoms. The average Bonchev–Trinajstić information content (AvgIpc) is 2.58. The third kappa shape index (κ3) is 5.08. The number of aromatic nitrogens is 1. The Bertz CT molecular complexity index is 779. The lowest BCUT2D eigenvalue weighted by Crippen LogP contribution is -2.31. The second-order valence-electron chi connectivity index (χ2n) is 4.67. The average molecular weight is 373 g/mol. The van der Waals surface area contributed by atoms with Crippen LogP contribution in [0.2, 0.25) is 5.02 Å². The summed E-state index contributed by atoms with van der Waals surface area (Å²) in [6, 6.07) is 6.87. The number of pyridine rings is 1. The van der Waals surface area contributed by atoms with Crippen LogP contribution >= 0.6 is 11.6 Å². The van der Waals surface area contributed by atoms with E-state index in [0.717, 1.165) is 6.20 Å². The maximum Gasteiger partial charge on any atom is 0.420 e. The standard InChI is InChI=1S/C15H12ClF3N4O2/c1-25-21-7-9-2-4-10(5-3-9)14(24)23-22-13-12(15(17,18)19)6-11(16)8-20-13/h2-8H,1H3,(H,20,22)(H,23,24)/b21-7+. The zero-order valence-electron chi connectivity index (χ0n) is 12.8. The highest BCUT2D eigenvalue weighted by Gasteiger charge is 2.34. The van der Waals surface area contributed by atoms with Gasteiger partial charge in [0.25, 0.3) is 5.91 Å². The van der Waals surface area contributed by atoms with Crippen LogP contribution in [0.4, 0.5) is 19.0 Å². The van der Waals surface area contributed by atoms with Crippen LogP contribution in [-0.2, 0) is 11.0 Å². The molecule has 0 saturated heterocycles. The van der Waals surface area contributed by atoms with Gasteiger partial charge in [-0.15, -0.1) is 0 Å². The number of hydrogen-bond acceptors (Lipinski definition) is 5. The van der Waals surface area contributed by atoms with Crippen LogP contribution in [-0.4, -0.2) is 24.2 Å². The smallest absolute Gasteiger partial charge is 0.399 e. The van der Waals surface area contributed by atoms with Crippen LogP contribution in [0.5, 0.6) is 0 Å². The van der Waals surface area contributed by atoms with Crippen molar-refractivity contribution in [3.8, 4) is 0 Å². The summed E-state index contributed by atoms with van der Waals surface area (Å²) in [7, 11) is 1.39. The Kier molecular flexibility index (Phi) is 5.81. The largest absolute Gasteiger partial charge is 0.420 e. The van der Waals surface area contributed by atoms with Crippen molar-refractivity contribution in [3.05, 3.63) is 58.2 Å². The molecule has 0 aliphatic carbocycles. The molecule has 0 aliphatic heterocycles.